The summed E-state index contributed by atoms with van der Waals surface area (Å²) in [4.78, 5) is 0.146. The van der Waals surface area contributed by atoms with Crippen molar-refractivity contribution < 1.29 is 13.2 Å². The van der Waals surface area contributed by atoms with Gasteiger partial charge < -0.3 is 4.74 Å². The SMILES string of the molecule is COc1ccc(Br)cc1NS(=O)(=O)c1ccc(Br)cc1Br. The van der Waals surface area contributed by atoms with Crippen molar-refractivity contribution in [2.24, 2.45) is 0 Å². The molecule has 0 saturated heterocycles. The van der Waals surface area contributed by atoms with E-state index in [1.54, 1.807) is 30.3 Å². The van der Waals surface area contributed by atoms with Gasteiger partial charge in [-0.05, 0) is 52.3 Å². The van der Waals surface area contributed by atoms with Gasteiger partial charge in [-0.15, -0.1) is 0 Å². The normalized spacial score (nSPS) is 11.2. The standard InChI is InChI=1S/C13H10Br3NO3S/c1-20-12-4-2-9(15)7-11(12)17-21(18,19)13-5-3-8(14)6-10(13)16/h2-7,17H,1H3. The van der Waals surface area contributed by atoms with E-state index in [-0.39, 0.29) is 4.90 Å². The molecule has 0 radical (unpaired) electrons. The zero-order valence-electron chi connectivity index (χ0n) is 10.7. The molecule has 0 fully saturated rings. The molecule has 21 heavy (non-hydrogen) atoms. The van der Waals surface area contributed by atoms with Crippen LogP contribution >= 0.6 is 47.8 Å². The van der Waals surface area contributed by atoms with Gasteiger partial charge >= 0.3 is 0 Å². The Labute approximate surface area is 148 Å². The fourth-order valence-electron chi connectivity index (χ4n) is 1.65. The van der Waals surface area contributed by atoms with Crippen LogP contribution in [0.1, 0.15) is 0 Å². The average Bonchev–Trinajstić information content (AvgIpc) is 2.37. The molecule has 2 rings (SSSR count). The Bertz CT molecular complexity index is 778. The number of hydrogen-bond donors (Lipinski definition) is 1. The Hall–Kier alpha value is -0.570. The molecule has 112 valence electrons. The molecule has 4 nitrogen and oxygen atoms in total. The lowest BCUT2D eigenvalue weighted by Gasteiger charge is -2.13. The molecular formula is C13H10Br3NO3S. The summed E-state index contributed by atoms with van der Waals surface area (Å²) in [5.74, 6) is 0.440. The minimum absolute atomic E-state index is 0.146. The van der Waals surface area contributed by atoms with E-state index in [0.717, 1.165) is 8.95 Å². The number of anilines is 1. The monoisotopic (exact) mass is 497 g/mol. The third-order valence-electron chi connectivity index (χ3n) is 2.59. The third kappa shape index (κ3) is 4.00. The molecule has 0 saturated carbocycles. The lowest BCUT2D eigenvalue weighted by atomic mass is 10.3. The summed E-state index contributed by atoms with van der Waals surface area (Å²) in [7, 11) is -2.25. The van der Waals surface area contributed by atoms with E-state index in [2.05, 4.69) is 52.5 Å². The fourth-order valence-corrected chi connectivity index (χ4v) is 4.82. The molecule has 0 aliphatic heterocycles. The van der Waals surface area contributed by atoms with Crippen LogP contribution in [0.5, 0.6) is 5.75 Å². The smallest absolute Gasteiger partial charge is 0.263 e. The zero-order valence-corrected chi connectivity index (χ0v) is 16.3. The van der Waals surface area contributed by atoms with E-state index in [0.29, 0.717) is 15.9 Å². The van der Waals surface area contributed by atoms with Crippen molar-refractivity contribution in [3.05, 3.63) is 49.8 Å². The molecule has 0 spiro atoms. The Kier molecular flexibility index (Phi) is 5.34. The van der Waals surface area contributed by atoms with Crippen molar-refractivity contribution in [2.75, 3.05) is 11.8 Å². The number of halogens is 3. The molecule has 2 aromatic carbocycles. The number of hydrogen-bond acceptors (Lipinski definition) is 3. The first-order valence-corrected chi connectivity index (χ1v) is 9.51. The van der Waals surface area contributed by atoms with Crippen LogP contribution in [0.3, 0.4) is 0 Å². The first kappa shape index (κ1) is 16.8. The zero-order chi connectivity index (χ0) is 15.6. The summed E-state index contributed by atoms with van der Waals surface area (Å²) in [5.41, 5.74) is 0.363. The summed E-state index contributed by atoms with van der Waals surface area (Å²) in [6.07, 6.45) is 0. The van der Waals surface area contributed by atoms with E-state index in [1.165, 1.54) is 13.2 Å². The summed E-state index contributed by atoms with van der Waals surface area (Å²) < 4.78 is 34.7. The van der Waals surface area contributed by atoms with Gasteiger partial charge in [0.25, 0.3) is 10.0 Å². The largest absolute Gasteiger partial charge is 0.495 e. The number of sulfonamides is 1. The van der Waals surface area contributed by atoms with Crippen molar-refractivity contribution in [3.63, 3.8) is 0 Å². The number of methoxy groups -OCH3 is 1. The van der Waals surface area contributed by atoms with Gasteiger partial charge in [-0.25, -0.2) is 8.42 Å². The Morgan fingerprint density at radius 1 is 1.00 bits per heavy atom. The van der Waals surface area contributed by atoms with Crippen LogP contribution in [0.25, 0.3) is 0 Å². The van der Waals surface area contributed by atoms with Gasteiger partial charge in [-0.1, -0.05) is 31.9 Å². The van der Waals surface area contributed by atoms with E-state index < -0.39 is 10.0 Å². The Morgan fingerprint density at radius 2 is 1.62 bits per heavy atom. The number of benzene rings is 2. The minimum Gasteiger partial charge on any atom is -0.495 e. The highest BCUT2D eigenvalue weighted by molar-refractivity contribution is 9.11. The molecular weight excluding hydrogens is 490 g/mol. The topological polar surface area (TPSA) is 55.4 Å². The van der Waals surface area contributed by atoms with Crippen LogP contribution in [0.15, 0.2) is 54.7 Å². The molecule has 2 aromatic rings. The van der Waals surface area contributed by atoms with Crippen molar-refractivity contribution in [2.45, 2.75) is 4.90 Å². The van der Waals surface area contributed by atoms with Crippen molar-refractivity contribution in [1.82, 2.24) is 0 Å². The highest BCUT2D eigenvalue weighted by Crippen LogP contribution is 2.32. The quantitative estimate of drug-likeness (QED) is 0.658. The summed E-state index contributed by atoms with van der Waals surface area (Å²) >= 11 is 9.85. The lowest BCUT2D eigenvalue weighted by Crippen LogP contribution is -2.14. The predicted octanol–water partition coefficient (Wildman–Crippen LogP) is 4.78. The van der Waals surface area contributed by atoms with E-state index >= 15 is 0 Å². The fraction of sp³-hybridized carbons (Fsp3) is 0.0769. The molecule has 0 heterocycles. The van der Waals surface area contributed by atoms with E-state index in [9.17, 15) is 8.42 Å². The van der Waals surface area contributed by atoms with Gasteiger partial charge in [0.2, 0.25) is 0 Å². The highest BCUT2D eigenvalue weighted by Gasteiger charge is 2.19. The van der Waals surface area contributed by atoms with Crippen molar-refractivity contribution in [3.8, 4) is 5.75 Å². The first-order valence-electron chi connectivity index (χ1n) is 5.65. The Morgan fingerprint density at radius 3 is 2.24 bits per heavy atom. The molecule has 0 aromatic heterocycles. The molecule has 0 atom stereocenters. The van der Waals surface area contributed by atoms with E-state index in [4.69, 9.17) is 4.74 Å². The van der Waals surface area contributed by atoms with E-state index in [1.807, 2.05) is 0 Å². The second-order valence-electron chi connectivity index (χ2n) is 4.02. The molecule has 0 unspecified atom stereocenters. The number of rotatable bonds is 4. The first-order chi connectivity index (χ1) is 9.83. The molecule has 0 bridgehead atoms. The summed E-state index contributed by atoms with van der Waals surface area (Å²) in [6.45, 7) is 0. The van der Waals surface area contributed by atoms with Crippen molar-refractivity contribution in [1.29, 1.82) is 0 Å². The summed E-state index contributed by atoms with van der Waals surface area (Å²) in [6, 6.07) is 9.94. The van der Waals surface area contributed by atoms with Crippen LogP contribution < -0.4 is 9.46 Å². The highest BCUT2D eigenvalue weighted by atomic mass is 79.9. The molecule has 0 amide bonds. The minimum atomic E-state index is -3.73. The molecule has 0 aliphatic carbocycles. The average molecular weight is 500 g/mol. The van der Waals surface area contributed by atoms with Crippen LogP contribution in [-0.4, -0.2) is 15.5 Å². The molecule has 8 heteroatoms. The maximum atomic E-state index is 12.5. The predicted molar refractivity (Wildman–Crippen MR) is 93.3 cm³/mol. The lowest BCUT2D eigenvalue weighted by molar-refractivity contribution is 0.417. The molecule has 0 aliphatic rings. The molecule has 1 N–H and O–H groups in total. The third-order valence-corrected chi connectivity index (χ3v) is 5.92. The van der Waals surface area contributed by atoms with Crippen LogP contribution in [0, 0.1) is 0 Å². The van der Waals surface area contributed by atoms with Crippen LogP contribution in [0.4, 0.5) is 5.69 Å². The maximum Gasteiger partial charge on any atom is 0.263 e. The second kappa shape index (κ2) is 6.68. The van der Waals surface area contributed by atoms with Gasteiger partial charge in [0, 0.05) is 13.4 Å². The Balaban J connectivity index is 2.44. The maximum absolute atomic E-state index is 12.5. The number of nitrogens with one attached hydrogen (secondary N) is 1. The van der Waals surface area contributed by atoms with Crippen molar-refractivity contribution >= 4 is 63.5 Å². The van der Waals surface area contributed by atoms with Gasteiger partial charge in [-0.3, -0.25) is 4.72 Å². The second-order valence-corrected chi connectivity index (χ2v) is 8.36. The van der Waals surface area contributed by atoms with Crippen LogP contribution in [-0.2, 0) is 10.0 Å². The van der Waals surface area contributed by atoms with Gasteiger partial charge in [0.1, 0.15) is 10.6 Å². The van der Waals surface area contributed by atoms with Gasteiger partial charge in [0.15, 0.2) is 0 Å². The van der Waals surface area contributed by atoms with Gasteiger partial charge in [0.05, 0.1) is 12.8 Å². The number of ether oxygens (including phenoxy) is 1. The van der Waals surface area contributed by atoms with Gasteiger partial charge in [-0.2, -0.15) is 0 Å². The van der Waals surface area contributed by atoms with Crippen LogP contribution in [0.2, 0.25) is 0 Å². The summed E-state index contributed by atoms with van der Waals surface area (Å²) in [5, 5.41) is 0.